The van der Waals surface area contributed by atoms with Gasteiger partial charge in [-0.1, -0.05) is 41.7 Å². The molecular weight excluding hydrogens is 454 g/mol. The molecule has 0 aliphatic heterocycles. The summed E-state index contributed by atoms with van der Waals surface area (Å²) in [5.41, 5.74) is 3.12. The van der Waals surface area contributed by atoms with Crippen molar-refractivity contribution in [3.63, 3.8) is 0 Å². The minimum atomic E-state index is -0.527. The zero-order valence-electron chi connectivity index (χ0n) is 17.9. The normalized spacial score (nSPS) is 11.0. The number of fused-ring (bicyclic) bond motifs is 1. The van der Waals surface area contributed by atoms with Crippen molar-refractivity contribution in [3.05, 3.63) is 93.2 Å². The first kappa shape index (κ1) is 21.3. The van der Waals surface area contributed by atoms with Crippen LogP contribution in [0.2, 0.25) is 0 Å². The van der Waals surface area contributed by atoms with Crippen molar-refractivity contribution < 1.29 is 9.72 Å². The van der Waals surface area contributed by atoms with Crippen LogP contribution in [0.25, 0.3) is 22.4 Å². The molecule has 4 aromatic heterocycles. The second kappa shape index (κ2) is 8.79. The van der Waals surface area contributed by atoms with Gasteiger partial charge in [0.05, 0.1) is 27.9 Å². The number of anilines is 1. The standard InChI is InChI=1S/C23H17N7O3S/c1-14-7-8-16(11-24-14)20-26-21(28-23(31)18-9-10-19(34-18)30(32)33)17-12-25-29(22(17)27-20)13-15-5-3-2-4-6-15/h2-12H,13H2,1H3,(H,26,27,28,31). The van der Waals surface area contributed by atoms with Gasteiger partial charge in [0.25, 0.3) is 5.91 Å². The molecule has 0 saturated carbocycles. The summed E-state index contributed by atoms with van der Waals surface area (Å²) in [4.78, 5) is 37.1. The maximum absolute atomic E-state index is 12.9. The molecule has 4 heterocycles. The zero-order chi connectivity index (χ0) is 23.7. The van der Waals surface area contributed by atoms with Gasteiger partial charge in [0.15, 0.2) is 11.5 Å². The largest absolute Gasteiger partial charge is 0.324 e. The van der Waals surface area contributed by atoms with Gasteiger partial charge in [-0.2, -0.15) is 5.10 Å². The molecule has 0 fully saturated rings. The fraction of sp³-hybridized carbons (Fsp3) is 0.0870. The molecule has 0 aliphatic rings. The number of nitro groups is 1. The lowest BCUT2D eigenvalue weighted by Gasteiger charge is -2.09. The lowest BCUT2D eigenvalue weighted by Crippen LogP contribution is -2.13. The van der Waals surface area contributed by atoms with Crippen LogP contribution >= 0.6 is 11.3 Å². The SMILES string of the molecule is Cc1ccc(-c2nc(NC(=O)c3ccc([N+](=O)[O-])s3)c3cnn(Cc4ccccc4)c3n2)cn1. The Labute approximate surface area is 197 Å². The second-order valence-corrected chi connectivity index (χ2v) is 8.52. The highest BCUT2D eigenvalue weighted by atomic mass is 32.1. The van der Waals surface area contributed by atoms with E-state index in [0.717, 1.165) is 22.6 Å². The quantitative estimate of drug-likeness (QED) is 0.286. The molecule has 5 rings (SSSR count). The Morgan fingerprint density at radius 3 is 2.62 bits per heavy atom. The van der Waals surface area contributed by atoms with Crippen LogP contribution in [0.15, 0.2) is 67.0 Å². The average Bonchev–Trinajstić information content (AvgIpc) is 3.49. The molecule has 5 aromatic rings. The fourth-order valence-corrected chi connectivity index (χ4v) is 4.08. The van der Waals surface area contributed by atoms with E-state index in [1.54, 1.807) is 17.1 Å². The molecule has 11 heteroatoms. The summed E-state index contributed by atoms with van der Waals surface area (Å²) in [6, 6.07) is 16.3. The van der Waals surface area contributed by atoms with Crippen LogP contribution in [-0.4, -0.2) is 35.6 Å². The van der Waals surface area contributed by atoms with Crippen molar-refractivity contribution in [1.82, 2.24) is 24.7 Å². The zero-order valence-corrected chi connectivity index (χ0v) is 18.7. The number of nitrogens with one attached hydrogen (secondary N) is 1. The molecule has 168 valence electrons. The predicted octanol–water partition coefficient (Wildman–Crippen LogP) is 4.47. The van der Waals surface area contributed by atoms with E-state index in [4.69, 9.17) is 4.98 Å². The molecule has 0 unspecified atom stereocenters. The third-order valence-corrected chi connectivity index (χ3v) is 6.10. The highest BCUT2D eigenvalue weighted by Crippen LogP contribution is 2.28. The van der Waals surface area contributed by atoms with Crippen LogP contribution in [0.5, 0.6) is 0 Å². The van der Waals surface area contributed by atoms with Crippen LogP contribution in [0.4, 0.5) is 10.8 Å². The monoisotopic (exact) mass is 471 g/mol. The minimum absolute atomic E-state index is 0.111. The molecule has 0 bridgehead atoms. The van der Waals surface area contributed by atoms with E-state index < -0.39 is 10.8 Å². The average molecular weight is 472 g/mol. The van der Waals surface area contributed by atoms with E-state index in [1.165, 1.54) is 12.1 Å². The number of amides is 1. The van der Waals surface area contributed by atoms with Gasteiger partial charge >= 0.3 is 5.00 Å². The minimum Gasteiger partial charge on any atom is -0.305 e. The summed E-state index contributed by atoms with van der Waals surface area (Å²) in [5.74, 6) is 0.144. The molecule has 0 spiro atoms. The van der Waals surface area contributed by atoms with Crippen molar-refractivity contribution >= 4 is 39.1 Å². The number of rotatable bonds is 6. The molecular formula is C23H17N7O3S. The highest BCUT2D eigenvalue weighted by molar-refractivity contribution is 7.17. The van der Waals surface area contributed by atoms with E-state index >= 15 is 0 Å². The number of pyridine rings is 1. The first-order chi connectivity index (χ1) is 16.5. The summed E-state index contributed by atoms with van der Waals surface area (Å²) < 4.78 is 1.74. The Morgan fingerprint density at radius 2 is 1.91 bits per heavy atom. The fourth-order valence-electron chi connectivity index (χ4n) is 3.37. The first-order valence-electron chi connectivity index (χ1n) is 10.2. The van der Waals surface area contributed by atoms with Gasteiger partial charge in [-0.15, -0.1) is 0 Å². The number of hydrogen-bond donors (Lipinski definition) is 1. The van der Waals surface area contributed by atoms with Crippen molar-refractivity contribution in [2.24, 2.45) is 0 Å². The van der Waals surface area contributed by atoms with Crippen molar-refractivity contribution in [3.8, 4) is 11.4 Å². The molecule has 1 aromatic carbocycles. The van der Waals surface area contributed by atoms with Crippen LogP contribution in [-0.2, 0) is 6.54 Å². The second-order valence-electron chi connectivity index (χ2n) is 7.46. The van der Waals surface area contributed by atoms with E-state index in [1.807, 2.05) is 49.4 Å². The number of carbonyl (C=O) groups is 1. The Morgan fingerprint density at radius 1 is 1.09 bits per heavy atom. The lowest BCUT2D eigenvalue weighted by molar-refractivity contribution is -0.380. The summed E-state index contributed by atoms with van der Waals surface area (Å²) in [5, 5.41) is 18.7. The van der Waals surface area contributed by atoms with Gasteiger partial charge in [0, 0.05) is 23.5 Å². The maximum atomic E-state index is 12.9. The summed E-state index contributed by atoms with van der Waals surface area (Å²) in [7, 11) is 0. The number of benzene rings is 1. The summed E-state index contributed by atoms with van der Waals surface area (Å²) in [6.07, 6.45) is 3.27. The van der Waals surface area contributed by atoms with Crippen LogP contribution in [0.3, 0.4) is 0 Å². The lowest BCUT2D eigenvalue weighted by atomic mass is 10.2. The number of thiophene rings is 1. The molecule has 34 heavy (non-hydrogen) atoms. The van der Waals surface area contributed by atoms with Crippen molar-refractivity contribution in [1.29, 1.82) is 0 Å². The maximum Gasteiger partial charge on any atom is 0.324 e. The Bertz CT molecular complexity index is 1510. The smallest absolute Gasteiger partial charge is 0.305 e. The van der Waals surface area contributed by atoms with E-state index in [-0.39, 0.29) is 15.7 Å². The van der Waals surface area contributed by atoms with E-state index in [2.05, 4.69) is 20.4 Å². The molecule has 0 saturated heterocycles. The highest BCUT2D eigenvalue weighted by Gasteiger charge is 2.20. The van der Waals surface area contributed by atoms with Gasteiger partial charge in [-0.25, -0.2) is 14.6 Å². The molecule has 10 nitrogen and oxygen atoms in total. The predicted molar refractivity (Wildman–Crippen MR) is 128 cm³/mol. The van der Waals surface area contributed by atoms with Crippen molar-refractivity contribution in [2.75, 3.05) is 5.32 Å². The third-order valence-electron chi connectivity index (χ3n) is 5.07. The molecule has 0 aliphatic carbocycles. The number of hydrogen-bond acceptors (Lipinski definition) is 8. The van der Waals surface area contributed by atoms with Crippen LogP contribution in [0.1, 0.15) is 20.9 Å². The van der Waals surface area contributed by atoms with Gasteiger partial charge in [-0.05, 0) is 30.7 Å². The van der Waals surface area contributed by atoms with Gasteiger partial charge in [0.1, 0.15) is 5.82 Å². The Hall–Kier alpha value is -4.51. The van der Waals surface area contributed by atoms with Gasteiger partial charge < -0.3 is 5.32 Å². The Kier molecular flexibility index (Phi) is 5.52. The number of carbonyl (C=O) groups excluding carboxylic acids is 1. The number of aryl methyl sites for hydroxylation is 1. The van der Waals surface area contributed by atoms with E-state index in [9.17, 15) is 14.9 Å². The summed E-state index contributed by atoms with van der Waals surface area (Å²) >= 11 is 0.798. The molecule has 0 radical (unpaired) electrons. The van der Waals surface area contributed by atoms with E-state index in [0.29, 0.717) is 29.0 Å². The first-order valence-corrected chi connectivity index (χ1v) is 11.1. The van der Waals surface area contributed by atoms with Gasteiger partial charge in [0.2, 0.25) is 0 Å². The van der Waals surface area contributed by atoms with Crippen molar-refractivity contribution in [2.45, 2.75) is 13.5 Å². The third kappa shape index (κ3) is 4.24. The molecule has 0 atom stereocenters. The number of aromatic nitrogens is 5. The topological polar surface area (TPSA) is 129 Å². The summed E-state index contributed by atoms with van der Waals surface area (Å²) in [6.45, 7) is 2.37. The van der Waals surface area contributed by atoms with Crippen LogP contribution in [0, 0.1) is 17.0 Å². The number of nitrogens with zero attached hydrogens (tertiary/aromatic N) is 6. The van der Waals surface area contributed by atoms with Gasteiger partial charge in [-0.3, -0.25) is 19.9 Å². The molecule has 1 amide bonds. The Balaban J connectivity index is 1.58. The van der Waals surface area contributed by atoms with Crippen LogP contribution < -0.4 is 5.32 Å². The molecule has 1 N–H and O–H groups in total.